The maximum absolute atomic E-state index is 12.3. The summed E-state index contributed by atoms with van der Waals surface area (Å²) in [7, 11) is 0. The van der Waals surface area contributed by atoms with Gasteiger partial charge >= 0.3 is 0 Å². The molecule has 7 nitrogen and oxygen atoms in total. The number of carbonyl (C=O) groups excluding carboxylic acids is 1. The molecular formula is C15H16ClN5O2. The van der Waals surface area contributed by atoms with Crippen molar-refractivity contribution >= 4 is 28.9 Å². The van der Waals surface area contributed by atoms with Gasteiger partial charge in [0, 0.05) is 30.9 Å². The molecule has 0 saturated carbocycles. The fourth-order valence-corrected chi connectivity index (χ4v) is 2.50. The fraction of sp³-hybridized carbons (Fsp3) is 0.333. The van der Waals surface area contributed by atoms with Crippen molar-refractivity contribution in [2.75, 3.05) is 5.32 Å². The Hall–Kier alpha value is -2.41. The van der Waals surface area contributed by atoms with E-state index >= 15 is 0 Å². The number of hydrogen-bond acceptors (Lipinski definition) is 5. The van der Waals surface area contributed by atoms with Crippen molar-refractivity contribution in [3.63, 3.8) is 0 Å². The third-order valence-corrected chi connectivity index (χ3v) is 3.86. The number of pyridine rings is 1. The molecule has 3 rings (SSSR count). The molecule has 1 aliphatic heterocycles. The number of carbonyl (C=O) groups is 1. The standard InChI is InChI=1S/C15H16ClN5O2/c1-3-21-8-10(9(2)19-21)12-7-13(23-20-12)15(22)18-11-5-4-6-17-14(11)16/h4-6,8,13H,3,7H2,1-2H3,(H,18,22)/t13-/m0/s1. The van der Waals surface area contributed by atoms with Gasteiger partial charge in [-0.25, -0.2) is 4.98 Å². The minimum absolute atomic E-state index is 0.236. The van der Waals surface area contributed by atoms with Gasteiger partial charge in [-0.1, -0.05) is 16.8 Å². The molecule has 8 heteroatoms. The number of hydrogen-bond donors (Lipinski definition) is 1. The quantitative estimate of drug-likeness (QED) is 0.871. The molecule has 1 amide bonds. The molecule has 0 saturated heterocycles. The minimum Gasteiger partial charge on any atom is -0.382 e. The molecule has 23 heavy (non-hydrogen) atoms. The predicted octanol–water partition coefficient (Wildman–Crippen LogP) is 2.39. The Kier molecular flexibility index (Phi) is 4.29. The van der Waals surface area contributed by atoms with Crippen LogP contribution in [0.4, 0.5) is 5.69 Å². The van der Waals surface area contributed by atoms with Gasteiger partial charge in [0.25, 0.3) is 5.91 Å². The highest BCUT2D eigenvalue weighted by Gasteiger charge is 2.30. The summed E-state index contributed by atoms with van der Waals surface area (Å²) in [5, 5.41) is 11.4. The van der Waals surface area contributed by atoms with Gasteiger partial charge in [0.2, 0.25) is 6.10 Å². The van der Waals surface area contributed by atoms with E-state index in [0.717, 1.165) is 23.5 Å². The summed E-state index contributed by atoms with van der Waals surface area (Å²) in [5.74, 6) is -0.306. The number of oxime groups is 1. The number of rotatable bonds is 4. The number of anilines is 1. The molecule has 1 N–H and O–H groups in total. The zero-order valence-corrected chi connectivity index (χ0v) is 13.5. The van der Waals surface area contributed by atoms with Crippen LogP contribution in [0.1, 0.15) is 24.6 Å². The first-order chi connectivity index (χ1) is 11.1. The minimum atomic E-state index is -0.689. The molecule has 120 valence electrons. The van der Waals surface area contributed by atoms with E-state index < -0.39 is 6.10 Å². The summed E-state index contributed by atoms with van der Waals surface area (Å²) in [6, 6.07) is 3.38. The zero-order chi connectivity index (χ0) is 16.4. The SMILES string of the molecule is CCn1cc(C2=NO[C@H](C(=O)Nc3cccnc3Cl)C2)c(C)n1. The molecule has 3 heterocycles. The van der Waals surface area contributed by atoms with E-state index in [0.29, 0.717) is 12.1 Å². The predicted molar refractivity (Wildman–Crippen MR) is 86.5 cm³/mol. The van der Waals surface area contributed by atoms with Gasteiger partial charge in [-0.05, 0) is 26.0 Å². The van der Waals surface area contributed by atoms with E-state index in [2.05, 4.69) is 20.6 Å². The number of aryl methyl sites for hydroxylation is 2. The van der Waals surface area contributed by atoms with Gasteiger partial charge in [0.1, 0.15) is 0 Å². The van der Waals surface area contributed by atoms with E-state index in [9.17, 15) is 4.79 Å². The maximum atomic E-state index is 12.3. The summed E-state index contributed by atoms with van der Waals surface area (Å²) >= 11 is 5.93. The van der Waals surface area contributed by atoms with Crippen LogP contribution in [0.15, 0.2) is 29.7 Å². The highest BCUT2D eigenvalue weighted by molar-refractivity contribution is 6.32. The largest absolute Gasteiger partial charge is 0.382 e. The second kappa shape index (κ2) is 6.37. The molecule has 0 aromatic carbocycles. The van der Waals surface area contributed by atoms with Crippen molar-refractivity contribution in [3.8, 4) is 0 Å². The Morgan fingerprint density at radius 2 is 2.39 bits per heavy atom. The van der Waals surface area contributed by atoms with Crippen molar-refractivity contribution in [2.24, 2.45) is 5.16 Å². The molecule has 0 radical (unpaired) electrons. The van der Waals surface area contributed by atoms with Crippen molar-refractivity contribution < 1.29 is 9.63 Å². The van der Waals surface area contributed by atoms with Crippen molar-refractivity contribution in [2.45, 2.75) is 32.9 Å². The number of aromatic nitrogens is 3. The monoisotopic (exact) mass is 333 g/mol. The second-order valence-corrected chi connectivity index (χ2v) is 5.51. The topological polar surface area (TPSA) is 81.4 Å². The van der Waals surface area contributed by atoms with Crippen LogP contribution in [0.25, 0.3) is 0 Å². The summed E-state index contributed by atoms with van der Waals surface area (Å²) in [4.78, 5) is 21.5. The van der Waals surface area contributed by atoms with Gasteiger partial charge < -0.3 is 10.2 Å². The van der Waals surface area contributed by atoms with Crippen LogP contribution in [0, 0.1) is 6.92 Å². The first-order valence-corrected chi connectivity index (χ1v) is 7.64. The molecule has 0 bridgehead atoms. The van der Waals surface area contributed by atoms with Crippen LogP contribution >= 0.6 is 11.6 Å². The molecule has 0 aliphatic carbocycles. The first-order valence-electron chi connectivity index (χ1n) is 7.27. The van der Waals surface area contributed by atoms with Crippen LogP contribution in [0.2, 0.25) is 5.15 Å². The number of halogens is 1. The van der Waals surface area contributed by atoms with Gasteiger partial charge in [-0.2, -0.15) is 5.10 Å². The second-order valence-electron chi connectivity index (χ2n) is 5.15. The van der Waals surface area contributed by atoms with Gasteiger partial charge in [-0.15, -0.1) is 0 Å². The maximum Gasteiger partial charge on any atom is 0.268 e. The third-order valence-electron chi connectivity index (χ3n) is 3.56. The smallest absolute Gasteiger partial charge is 0.268 e. The highest BCUT2D eigenvalue weighted by atomic mass is 35.5. The van der Waals surface area contributed by atoms with E-state index in [1.807, 2.05) is 24.7 Å². The summed E-state index contributed by atoms with van der Waals surface area (Å²) in [5.41, 5.74) is 2.94. The lowest BCUT2D eigenvalue weighted by molar-refractivity contribution is -0.125. The van der Waals surface area contributed by atoms with Crippen LogP contribution in [0.5, 0.6) is 0 Å². The van der Waals surface area contributed by atoms with E-state index in [1.54, 1.807) is 18.3 Å². The third kappa shape index (κ3) is 3.19. The van der Waals surface area contributed by atoms with Gasteiger partial charge in [0.05, 0.1) is 17.1 Å². The van der Waals surface area contributed by atoms with E-state index in [-0.39, 0.29) is 11.1 Å². The number of nitrogens with one attached hydrogen (secondary N) is 1. The summed E-state index contributed by atoms with van der Waals surface area (Å²) < 4.78 is 1.83. The Balaban J connectivity index is 1.68. The summed E-state index contributed by atoms with van der Waals surface area (Å²) in [6.45, 7) is 4.70. The lowest BCUT2D eigenvalue weighted by atomic mass is 10.1. The zero-order valence-electron chi connectivity index (χ0n) is 12.8. The Labute approximate surface area is 138 Å². The van der Waals surface area contributed by atoms with Crippen molar-refractivity contribution in [3.05, 3.63) is 40.9 Å². The van der Waals surface area contributed by atoms with Crippen LogP contribution in [-0.4, -0.2) is 32.5 Å². The number of amides is 1. The molecule has 2 aromatic heterocycles. The fourth-order valence-electron chi connectivity index (χ4n) is 2.33. The highest BCUT2D eigenvalue weighted by Crippen LogP contribution is 2.22. The number of nitrogens with zero attached hydrogens (tertiary/aromatic N) is 4. The van der Waals surface area contributed by atoms with Gasteiger partial charge in [-0.3, -0.25) is 9.48 Å². The Bertz CT molecular complexity index is 771. The first kappa shape index (κ1) is 15.5. The molecule has 0 fully saturated rings. The molecule has 1 atom stereocenters. The molecule has 0 spiro atoms. The van der Waals surface area contributed by atoms with E-state index in [4.69, 9.17) is 16.4 Å². The average molecular weight is 334 g/mol. The molecular weight excluding hydrogens is 318 g/mol. The Morgan fingerprint density at radius 1 is 1.57 bits per heavy atom. The normalized spacial score (nSPS) is 16.8. The lowest BCUT2D eigenvalue weighted by Gasteiger charge is -2.09. The average Bonchev–Trinajstić information content (AvgIpc) is 3.15. The molecule has 0 unspecified atom stereocenters. The Morgan fingerprint density at radius 3 is 3.09 bits per heavy atom. The van der Waals surface area contributed by atoms with Gasteiger partial charge in [0.15, 0.2) is 5.15 Å². The molecule has 2 aromatic rings. The van der Waals surface area contributed by atoms with Crippen LogP contribution < -0.4 is 5.32 Å². The van der Waals surface area contributed by atoms with Crippen LogP contribution in [-0.2, 0) is 16.2 Å². The lowest BCUT2D eigenvalue weighted by Crippen LogP contribution is -2.28. The molecule has 1 aliphatic rings. The van der Waals surface area contributed by atoms with Crippen molar-refractivity contribution in [1.82, 2.24) is 14.8 Å². The summed E-state index contributed by atoms with van der Waals surface area (Å²) in [6.07, 6.45) is 3.17. The van der Waals surface area contributed by atoms with E-state index in [1.165, 1.54) is 0 Å². The van der Waals surface area contributed by atoms with Crippen molar-refractivity contribution in [1.29, 1.82) is 0 Å². The van der Waals surface area contributed by atoms with Crippen LogP contribution in [0.3, 0.4) is 0 Å².